The molecule has 104 valence electrons. The van der Waals surface area contributed by atoms with Gasteiger partial charge in [0.05, 0.1) is 5.69 Å². The van der Waals surface area contributed by atoms with Crippen LogP contribution in [0.4, 0.5) is 19.3 Å². The average molecular weight is 269 g/mol. The van der Waals surface area contributed by atoms with Crippen molar-refractivity contribution in [3.05, 3.63) is 29.8 Å². The standard InChI is InChI=1S/C13H17F2N3O/c1-8(16)9-4-5-18(7-9)13(19)17-12-3-2-10(14)6-11(12)15/h2-3,6,8-9H,4-5,7,16H2,1H3,(H,17,19). The summed E-state index contributed by atoms with van der Waals surface area (Å²) >= 11 is 0. The monoisotopic (exact) mass is 269 g/mol. The van der Waals surface area contributed by atoms with Crippen molar-refractivity contribution >= 4 is 11.7 Å². The number of anilines is 1. The molecule has 2 rings (SSSR count). The van der Waals surface area contributed by atoms with Crippen molar-refractivity contribution in [1.82, 2.24) is 4.90 Å². The molecule has 0 aromatic heterocycles. The highest BCUT2D eigenvalue weighted by Gasteiger charge is 2.28. The lowest BCUT2D eigenvalue weighted by atomic mass is 10.0. The van der Waals surface area contributed by atoms with E-state index in [1.165, 1.54) is 6.07 Å². The van der Waals surface area contributed by atoms with Gasteiger partial charge in [-0.05, 0) is 31.4 Å². The predicted molar refractivity (Wildman–Crippen MR) is 68.7 cm³/mol. The van der Waals surface area contributed by atoms with Gasteiger partial charge in [-0.15, -0.1) is 0 Å². The Morgan fingerprint density at radius 3 is 2.84 bits per heavy atom. The molecule has 0 aliphatic carbocycles. The summed E-state index contributed by atoms with van der Waals surface area (Å²) in [5.74, 6) is -1.19. The summed E-state index contributed by atoms with van der Waals surface area (Å²) in [4.78, 5) is 13.5. The van der Waals surface area contributed by atoms with Gasteiger partial charge in [0.15, 0.2) is 0 Å². The summed E-state index contributed by atoms with van der Waals surface area (Å²) in [5, 5.41) is 2.44. The van der Waals surface area contributed by atoms with E-state index >= 15 is 0 Å². The molecular weight excluding hydrogens is 252 g/mol. The fraction of sp³-hybridized carbons (Fsp3) is 0.462. The first-order valence-corrected chi connectivity index (χ1v) is 6.24. The maximum atomic E-state index is 13.4. The number of benzene rings is 1. The van der Waals surface area contributed by atoms with Gasteiger partial charge >= 0.3 is 6.03 Å². The second-order valence-corrected chi connectivity index (χ2v) is 4.91. The highest BCUT2D eigenvalue weighted by molar-refractivity contribution is 5.89. The molecule has 0 radical (unpaired) electrons. The number of nitrogens with one attached hydrogen (secondary N) is 1. The van der Waals surface area contributed by atoms with Crippen molar-refractivity contribution in [2.75, 3.05) is 18.4 Å². The van der Waals surface area contributed by atoms with E-state index in [0.717, 1.165) is 18.6 Å². The first-order chi connectivity index (χ1) is 8.97. The number of carbonyl (C=O) groups excluding carboxylic acids is 1. The van der Waals surface area contributed by atoms with Gasteiger partial charge in [0.2, 0.25) is 0 Å². The van der Waals surface area contributed by atoms with Crippen molar-refractivity contribution in [3.63, 3.8) is 0 Å². The topological polar surface area (TPSA) is 58.4 Å². The van der Waals surface area contributed by atoms with E-state index in [9.17, 15) is 13.6 Å². The van der Waals surface area contributed by atoms with E-state index in [1.807, 2.05) is 6.92 Å². The van der Waals surface area contributed by atoms with Crippen LogP contribution in [0.15, 0.2) is 18.2 Å². The van der Waals surface area contributed by atoms with Crippen molar-refractivity contribution in [2.24, 2.45) is 11.7 Å². The number of amides is 2. The number of hydrogen-bond donors (Lipinski definition) is 2. The minimum absolute atomic E-state index is 0.0179. The smallest absolute Gasteiger partial charge is 0.321 e. The zero-order valence-electron chi connectivity index (χ0n) is 10.7. The molecule has 0 bridgehead atoms. The Morgan fingerprint density at radius 1 is 1.53 bits per heavy atom. The molecule has 1 aliphatic rings. The van der Waals surface area contributed by atoms with Crippen LogP contribution in [0.1, 0.15) is 13.3 Å². The molecule has 3 N–H and O–H groups in total. The van der Waals surface area contributed by atoms with Crippen molar-refractivity contribution < 1.29 is 13.6 Å². The Bertz CT molecular complexity index is 479. The van der Waals surface area contributed by atoms with Crippen LogP contribution >= 0.6 is 0 Å². The Labute approximate surface area is 110 Å². The van der Waals surface area contributed by atoms with Crippen LogP contribution in [0.3, 0.4) is 0 Å². The Hall–Kier alpha value is -1.69. The van der Waals surface area contributed by atoms with Gasteiger partial charge in [-0.2, -0.15) is 0 Å². The Kier molecular flexibility index (Phi) is 3.99. The van der Waals surface area contributed by atoms with Gasteiger partial charge in [0.25, 0.3) is 0 Å². The molecule has 1 fully saturated rings. The Morgan fingerprint density at radius 2 is 2.26 bits per heavy atom. The van der Waals surface area contributed by atoms with Crippen LogP contribution in [-0.4, -0.2) is 30.1 Å². The minimum Gasteiger partial charge on any atom is -0.328 e. The van der Waals surface area contributed by atoms with Crippen LogP contribution < -0.4 is 11.1 Å². The minimum atomic E-state index is -0.781. The zero-order chi connectivity index (χ0) is 14.0. The number of urea groups is 1. The van der Waals surface area contributed by atoms with Crippen molar-refractivity contribution in [2.45, 2.75) is 19.4 Å². The fourth-order valence-electron chi connectivity index (χ4n) is 2.19. The largest absolute Gasteiger partial charge is 0.328 e. The van der Waals surface area contributed by atoms with Gasteiger partial charge in [-0.1, -0.05) is 0 Å². The summed E-state index contributed by atoms with van der Waals surface area (Å²) in [5.41, 5.74) is 5.78. The number of rotatable bonds is 2. The summed E-state index contributed by atoms with van der Waals surface area (Å²) in [6.07, 6.45) is 0.844. The van der Waals surface area contributed by atoms with E-state index in [1.54, 1.807) is 4.90 Å². The highest BCUT2D eigenvalue weighted by Crippen LogP contribution is 2.21. The summed E-state index contributed by atoms with van der Waals surface area (Å²) < 4.78 is 26.2. The van der Waals surface area contributed by atoms with Crippen LogP contribution in [-0.2, 0) is 0 Å². The number of hydrogen-bond acceptors (Lipinski definition) is 2. The van der Waals surface area contributed by atoms with Crippen LogP contribution in [0, 0.1) is 17.6 Å². The normalized spacial score (nSPS) is 20.4. The lowest BCUT2D eigenvalue weighted by Gasteiger charge is -2.19. The van der Waals surface area contributed by atoms with Crippen LogP contribution in [0.25, 0.3) is 0 Å². The van der Waals surface area contributed by atoms with Crippen LogP contribution in [0.2, 0.25) is 0 Å². The number of likely N-dealkylation sites (tertiary alicyclic amines) is 1. The van der Waals surface area contributed by atoms with E-state index in [0.29, 0.717) is 13.1 Å². The predicted octanol–water partition coefficient (Wildman–Crippen LogP) is 2.17. The van der Waals surface area contributed by atoms with Gasteiger partial charge in [0, 0.05) is 25.2 Å². The maximum Gasteiger partial charge on any atom is 0.321 e. The Balaban J connectivity index is 1.98. The second kappa shape index (κ2) is 5.52. The fourth-order valence-corrected chi connectivity index (χ4v) is 2.19. The molecule has 1 heterocycles. The average Bonchev–Trinajstić information content (AvgIpc) is 2.82. The van der Waals surface area contributed by atoms with E-state index in [4.69, 9.17) is 5.73 Å². The third-order valence-electron chi connectivity index (χ3n) is 3.43. The molecule has 0 spiro atoms. The summed E-state index contributed by atoms with van der Waals surface area (Å²) in [7, 11) is 0. The molecule has 19 heavy (non-hydrogen) atoms. The summed E-state index contributed by atoms with van der Waals surface area (Å²) in [6, 6.07) is 2.70. The molecule has 1 aromatic carbocycles. The number of carbonyl (C=O) groups is 1. The van der Waals surface area contributed by atoms with Gasteiger partial charge in [0.1, 0.15) is 11.6 Å². The lowest BCUT2D eigenvalue weighted by molar-refractivity contribution is 0.220. The van der Waals surface area contributed by atoms with E-state index in [2.05, 4.69) is 5.32 Å². The molecule has 0 saturated carbocycles. The van der Waals surface area contributed by atoms with Gasteiger partial charge in [-0.25, -0.2) is 13.6 Å². The molecule has 1 saturated heterocycles. The number of halogens is 2. The third kappa shape index (κ3) is 3.20. The van der Waals surface area contributed by atoms with Crippen molar-refractivity contribution in [3.8, 4) is 0 Å². The number of nitrogens with zero attached hydrogens (tertiary/aromatic N) is 1. The van der Waals surface area contributed by atoms with Crippen LogP contribution in [0.5, 0.6) is 0 Å². The SMILES string of the molecule is CC(N)C1CCN(C(=O)Nc2ccc(F)cc2F)C1. The molecule has 1 aliphatic heterocycles. The molecule has 2 amide bonds. The van der Waals surface area contributed by atoms with E-state index < -0.39 is 11.6 Å². The highest BCUT2D eigenvalue weighted by atomic mass is 19.1. The molecule has 1 aromatic rings. The van der Waals surface area contributed by atoms with Gasteiger partial charge in [-0.3, -0.25) is 0 Å². The molecule has 6 heteroatoms. The zero-order valence-corrected chi connectivity index (χ0v) is 10.7. The first-order valence-electron chi connectivity index (χ1n) is 6.24. The third-order valence-corrected chi connectivity index (χ3v) is 3.43. The molecule has 2 unspecified atom stereocenters. The molecular formula is C13H17F2N3O. The first kappa shape index (κ1) is 13.7. The molecule has 4 nitrogen and oxygen atoms in total. The van der Waals surface area contributed by atoms with E-state index in [-0.39, 0.29) is 23.7 Å². The quantitative estimate of drug-likeness (QED) is 0.864. The summed E-state index contributed by atoms with van der Waals surface area (Å²) in [6.45, 7) is 3.07. The molecule has 2 atom stereocenters. The maximum absolute atomic E-state index is 13.4. The van der Waals surface area contributed by atoms with Crippen molar-refractivity contribution in [1.29, 1.82) is 0 Å². The van der Waals surface area contributed by atoms with Gasteiger partial charge < -0.3 is 16.0 Å². The lowest BCUT2D eigenvalue weighted by Crippen LogP contribution is -2.35. The second-order valence-electron chi connectivity index (χ2n) is 4.91. The number of nitrogens with two attached hydrogens (primary N) is 1.